The van der Waals surface area contributed by atoms with Crippen LogP contribution in [0.2, 0.25) is 0 Å². The molecule has 78 valence electrons. The Kier molecular flexibility index (Phi) is 2.78. The second-order valence-corrected chi connectivity index (χ2v) is 3.24. The van der Waals surface area contributed by atoms with E-state index in [1.54, 1.807) is 7.11 Å². The van der Waals surface area contributed by atoms with E-state index >= 15 is 0 Å². The summed E-state index contributed by atoms with van der Waals surface area (Å²) < 4.78 is 5.13. The number of ether oxygens (including phenoxy) is 1. The zero-order valence-corrected chi connectivity index (χ0v) is 8.82. The first-order valence-corrected chi connectivity index (χ1v) is 4.78. The van der Waals surface area contributed by atoms with E-state index in [1.807, 2.05) is 31.4 Å². The van der Waals surface area contributed by atoms with Crippen LogP contribution in [0.3, 0.4) is 0 Å². The molecule has 2 rings (SSSR count). The molecule has 0 aliphatic rings. The van der Waals surface area contributed by atoms with Crippen LogP contribution in [-0.2, 0) is 6.54 Å². The molecule has 2 aromatic rings. The number of aromatic nitrogens is 2. The van der Waals surface area contributed by atoms with Gasteiger partial charge in [-0.3, -0.25) is 0 Å². The van der Waals surface area contributed by atoms with Gasteiger partial charge < -0.3 is 10.1 Å². The summed E-state index contributed by atoms with van der Waals surface area (Å²) in [6.45, 7) is 0.683. The lowest BCUT2D eigenvalue weighted by molar-refractivity contribution is 0.415. The first-order valence-electron chi connectivity index (χ1n) is 4.78. The van der Waals surface area contributed by atoms with Crippen LogP contribution in [0, 0.1) is 0 Å². The quantitative estimate of drug-likeness (QED) is 0.818. The highest BCUT2D eigenvalue weighted by Gasteiger charge is 2.00. The predicted molar refractivity (Wildman–Crippen MR) is 58.9 cm³/mol. The minimum Gasteiger partial charge on any atom is -0.497 e. The van der Waals surface area contributed by atoms with Crippen LogP contribution < -0.4 is 10.1 Å². The molecule has 4 heteroatoms. The molecule has 0 radical (unpaired) electrons. The van der Waals surface area contributed by atoms with Crippen molar-refractivity contribution < 1.29 is 4.74 Å². The van der Waals surface area contributed by atoms with E-state index in [4.69, 9.17) is 4.74 Å². The molecule has 1 aromatic heterocycles. The van der Waals surface area contributed by atoms with Gasteiger partial charge in [0.1, 0.15) is 11.6 Å². The minimum atomic E-state index is 0.683. The summed E-state index contributed by atoms with van der Waals surface area (Å²) in [6.07, 6.45) is 1.82. The zero-order chi connectivity index (χ0) is 10.7. The monoisotopic (exact) mass is 203 g/mol. The lowest BCUT2D eigenvalue weighted by Crippen LogP contribution is -2.08. The molecule has 0 atom stereocenters. The highest BCUT2D eigenvalue weighted by Crippen LogP contribution is 2.18. The molecule has 0 unspecified atom stereocenters. The highest BCUT2D eigenvalue weighted by atomic mass is 16.5. The van der Waals surface area contributed by atoms with Crippen molar-refractivity contribution in [2.45, 2.75) is 6.54 Å². The van der Waals surface area contributed by atoms with E-state index in [0.717, 1.165) is 22.5 Å². The highest BCUT2D eigenvalue weighted by molar-refractivity contribution is 5.79. The maximum Gasteiger partial charge on any atom is 0.142 e. The Morgan fingerprint density at radius 3 is 3.00 bits per heavy atom. The molecule has 4 nitrogen and oxygen atoms in total. The van der Waals surface area contributed by atoms with Crippen molar-refractivity contribution in [2.75, 3.05) is 14.2 Å². The Balaban J connectivity index is 2.45. The number of benzene rings is 1. The molecule has 0 aliphatic carbocycles. The first kappa shape index (κ1) is 9.86. The third-order valence-corrected chi connectivity index (χ3v) is 2.17. The van der Waals surface area contributed by atoms with Crippen molar-refractivity contribution >= 4 is 10.9 Å². The lowest BCUT2D eigenvalue weighted by atomic mass is 10.2. The number of nitrogens with one attached hydrogen (secondary N) is 1. The van der Waals surface area contributed by atoms with Gasteiger partial charge in [0.05, 0.1) is 19.2 Å². The molecule has 0 spiro atoms. The Hall–Kier alpha value is -1.68. The number of nitrogens with zero attached hydrogens (tertiary/aromatic N) is 2. The van der Waals surface area contributed by atoms with Gasteiger partial charge in [-0.25, -0.2) is 9.97 Å². The fraction of sp³-hybridized carbons (Fsp3) is 0.273. The van der Waals surface area contributed by atoms with Gasteiger partial charge in [0.15, 0.2) is 0 Å². The summed E-state index contributed by atoms with van der Waals surface area (Å²) in [4.78, 5) is 8.65. The molecule has 0 bridgehead atoms. The Morgan fingerprint density at radius 2 is 2.27 bits per heavy atom. The van der Waals surface area contributed by atoms with Gasteiger partial charge in [0, 0.05) is 11.6 Å². The van der Waals surface area contributed by atoms with Crippen LogP contribution in [0.1, 0.15) is 5.82 Å². The molecule has 1 N–H and O–H groups in total. The van der Waals surface area contributed by atoms with Gasteiger partial charge in [-0.2, -0.15) is 0 Å². The summed E-state index contributed by atoms with van der Waals surface area (Å²) in [7, 11) is 3.53. The standard InChI is InChI=1S/C11H13N3O/c1-12-7-11-13-6-8-5-9(15-2)3-4-10(8)14-11/h3-6,12H,7H2,1-2H3. The number of rotatable bonds is 3. The SMILES string of the molecule is CNCc1ncc2cc(OC)ccc2n1. The van der Waals surface area contributed by atoms with Gasteiger partial charge in [-0.1, -0.05) is 0 Å². The van der Waals surface area contributed by atoms with Crippen molar-refractivity contribution in [1.29, 1.82) is 0 Å². The summed E-state index contributed by atoms with van der Waals surface area (Å²) in [5.41, 5.74) is 0.941. The van der Waals surface area contributed by atoms with Crippen molar-refractivity contribution in [2.24, 2.45) is 0 Å². The van der Waals surface area contributed by atoms with Gasteiger partial charge in [0.25, 0.3) is 0 Å². The van der Waals surface area contributed by atoms with E-state index in [0.29, 0.717) is 6.54 Å². The van der Waals surface area contributed by atoms with Crippen molar-refractivity contribution in [3.63, 3.8) is 0 Å². The number of methoxy groups -OCH3 is 1. The van der Waals surface area contributed by atoms with Crippen LogP contribution in [0.4, 0.5) is 0 Å². The topological polar surface area (TPSA) is 47.0 Å². The van der Waals surface area contributed by atoms with E-state index in [9.17, 15) is 0 Å². The molecule has 0 aliphatic heterocycles. The van der Waals surface area contributed by atoms with E-state index in [2.05, 4.69) is 15.3 Å². The summed E-state index contributed by atoms with van der Waals surface area (Å²) in [5, 5.41) is 4.02. The predicted octanol–water partition coefficient (Wildman–Crippen LogP) is 1.36. The fourth-order valence-corrected chi connectivity index (χ4v) is 1.42. The average molecular weight is 203 g/mol. The Labute approximate surface area is 88.3 Å². The molecule has 0 saturated heterocycles. The normalized spacial score (nSPS) is 10.5. The molecule has 0 fully saturated rings. The van der Waals surface area contributed by atoms with Crippen LogP contribution in [0.15, 0.2) is 24.4 Å². The number of fused-ring (bicyclic) bond motifs is 1. The van der Waals surface area contributed by atoms with Crippen molar-refractivity contribution in [3.05, 3.63) is 30.2 Å². The number of hydrogen-bond acceptors (Lipinski definition) is 4. The summed E-state index contributed by atoms with van der Waals surface area (Å²) in [6, 6.07) is 5.77. The fourth-order valence-electron chi connectivity index (χ4n) is 1.42. The van der Waals surface area contributed by atoms with Gasteiger partial charge in [0.2, 0.25) is 0 Å². The third-order valence-electron chi connectivity index (χ3n) is 2.17. The molecule has 1 heterocycles. The van der Waals surface area contributed by atoms with Gasteiger partial charge in [-0.15, -0.1) is 0 Å². The first-order chi connectivity index (χ1) is 7.33. The summed E-state index contributed by atoms with van der Waals surface area (Å²) >= 11 is 0. The summed E-state index contributed by atoms with van der Waals surface area (Å²) in [5.74, 6) is 1.63. The lowest BCUT2D eigenvalue weighted by Gasteiger charge is -2.03. The van der Waals surface area contributed by atoms with Gasteiger partial charge in [-0.05, 0) is 25.2 Å². The molecule has 0 amide bonds. The van der Waals surface area contributed by atoms with E-state index < -0.39 is 0 Å². The molecule has 1 aromatic carbocycles. The Bertz CT molecular complexity index is 470. The minimum absolute atomic E-state index is 0.683. The molecule has 0 saturated carbocycles. The van der Waals surface area contributed by atoms with E-state index in [1.165, 1.54) is 0 Å². The van der Waals surface area contributed by atoms with Crippen LogP contribution in [-0.4, -0.2) is 24.1 Å². The average Bonchev–Trinajstić information content (AvgIpc) is 2.29. The second kappa shape index (κ2) is 4.23. The van der Waals surface area contributed by atoms with E-state index in [-0.39, 0.29) is 0 Å². The van der Waals surface area contributed by atoms with Crippen LogP contribution in [0.5, 0.6) is 5.75 Å². The van der Waals surface area contributed by atoms with Crippen LogP contribution in [0.25, 0.3) is 10.9 Å². The maximum absolute atomic E-state index is 5.13. The largest absolute Gasteiger partial charge is 0.497 e. The smallest absolute Gasteiger partial charge is 0.142 e. The third kappa shape index (κ3) is 2.05. The number of hydrogen-bond donors (Lipinski definition) is 1. The zero-order valence-electron chi connectivity index (χ0n) is 8.82. The van der Waals surface area contributed by atoms with Crippen molar-refractivity contribution in [3.8, 4) is 5.75 Å². The molecular weight excluding hydrogens is 190 g/mol. The van der Waals surface area contributed by atoms with Crippen LogP contribution >= 0.6 is 0 Å². The Morgan fingerprint density at radius 1 is 1.40 bits per heavy atom. The van der Waals surface area contributed by atoms with Gasteiger partial charge >= 0.3 is 0 Å². The molecular formula is C11H13N3O. The second-order valence-electron chi connectivity index (χ2n) is 3.24. The van der Waals surface area contributed by atoms with Crippen molar-refractivity contribution in [1.82, 2.24) is 15.3 Å². The maximum atomic E-state index is 5.13. The molecule has 15 heavy (non-hydrogen) atoms.